The van der Waals surface area contributed by atoms with E-state index < -0.39 is 5.54 Å². The molecule has 0 radical (unpaired) electrons. The van der Waals surface area contributed by atoms with Gasteiger partial charge in [-0.25, -0.2) is 4.98 Å². The fraction of sp³-hybridized carbons (Fsp3) is 0.400. The number of nitrogens with two attached hydrogens (primary N) is 1. The molecule has 4 rings (SSSR count). The van der Waals surface area contributed by atoms with E-state index in [0.29, 0.717) is 23.1 Å². The summed E-state index contributed by atoms with van der Waals surface area (Å²) in [6.07, 6.45) is 4.00. The summed E-state index contributed by atoms with van der Waals surface area (Å²) in [5.41, 5.74) is 8.31. The lowest BCUT2D eigenvalue weighted by molar-refractivity contribution is 0.369. The Hall–Kier alpha value is -1.92. The highest BCUT2D eigenvalue weighted by molar-refractivity contribution is 5.85. The van der Waals surface area contributed by atoms with Gasteiger partial charge in [0, 0.05) is 11.8 Å². The highest BCUT2D eigenvalue weighted by Gasteiger charge is 2.36. The van der Waals surface area contributed by atoms with Crippen LogP contribution in [-0.2, 0) is 5.54 Å². The number of aryl methyl sites for hydroxylation is 1. The van der Waals surface area contributed by atoms with Gasteiger partial charge in [-0.15, -0.1) is 12.4 Å². The maximum atomic E-state index is 6.34. The van der Waals surface area contributed by atoms with Crippen molar-refractivity contribution in [1.82, 2.24) is 15.1 Å². The van der Waals surface area contributed by atoms with E-state index in [9.17, 15) is 0 Å². The number of hydrogen-bond acceptors (Lipinski definition) is 6. The highest BCUT2D eigenvalue weighted by atomic mass is 35.5. The molecule has 116 valence electrons. The molecule has 0 spiro atoms. The fourth-order valence-corrected chi connectivity index (χ4v) is 2.89. The van der Waals surface area contributed by atoms with Crippen LogP contribution in [0.5, 0.6) is 0 Å². The van der Waals surface area contributed by atoms with E-state index >= 15 is 0 Å². The van der Waals surface area contributed by atoms with E-state index in [0.717, 1.165) is 36.9 Å². The molecule has 2 N–H and O–H groups in total. The van der Waals surface area contributed by atoms with Crippen molar-refractivity contribution >= 4 is 23.5 Å². The summed E-state index contributed by atoms with van der Waals surface area (Å²) in [6, 6.07) is 5.61. The molecule has 7 heteroatoms. The minimum atomic E-state index is -0.456. The van der Waals surface area contributed by atoms with Gasteiger partial charge in [-0.3, -0.25) is 0 Å². The first-order valence-electron chi connectivity index (χ1n) is 7.15. The molecular weight excluding hydrogens is 304 g/mol. The lowest BCUT2D eigenvalue weighted by atomic mass is 9.99. The van der Waals surface area contributed by atoms with Crippen molar-refractivity contribution in [3.05, 3.63) is 29.7 Å². The number of rotatable bonds is 2. The van der Waals surface area contributed by atoms with Crippen molar-refractivity contribution < 1.29 is 8.94 Å². The Morgan fingerprint density at radius 2 is 1.95 bits per heavy atom. The van der Waals surface area contributed by atoms with Crippen LogP contribution in [0.2, 0.25) is 0 Å². The molecule has 1 fully saturated rings. The minimum absolute atomic E-state index is 0. The average Bonchev–Trinajstić information content (AvgIpc) is 3.15. The van der Waals surface area contributed by atoms with Gasteiger partial charge >= 0.3 is 0 Å². The standard InChI is InChI=1S/C15H16N4O2.ClH/c1-9-4-5-11-10(17-9)8-12(20-11)13-18-14(19-21-13)15(16)6-2-3-7-15;/h4-5,8H,2-3,6-7,16H2,1H3;1H. The summed E-state index contributed by atoms with van der Waals surface area (Å²) in [4.78, 5) is 8.84. The van der Waals surface area contributed by atoms with Crippen LogP contribution in [0, 0.1) is 6.92 Å². The molecule has 3 heterocycles. The molecule has 1 aliphatic carbocycles. The van der Waals surface area contributed by atoms with E-state index in [2.05, 4.69) is 15.1 Å². The van der Waals surface area contributed by atoms with E-state index in [1.807, 2.05) is 25.1 Å². The number of furan rings is 1. The van der Waals surface area contributed by atoms with Crippen LogP contribution in [0.15, 0.2) is 27.1 Å². The number of aromatic nitrogens is 3. The van der Waals surface area contributed by atoms with Gasteiger partial charge in [0.2, 0.25) is 0 Å². The monoisotopic (exact) mass is 320 g/mol. The minimum Gasteiger partial charge on any atom is -0.449 e. The Labute approximate surface area is 133 Å². The molecule has 0 saturated heterocycles. The van der Waals surface area contributed by atoms with E-state index in [4.69, 9.17) is 14.7 Å². The highest BCUT2D eigenvalue weighted by Crippen LogP contribution is 2.36. The second-order valence-electron chi connectivity index (χ2n) is 5.73. The maximum absolute atomic E-state index is 6.34. The molecule has 3 aromatic heterocycles. The molecule has 0 bridgehead atoms. The van der Waals surface area contributed by atoms with Gasteiger partial charge in [-0.2, -0.15) is 4.98 Å². The smallest absolute Gasteiger partial charge is 0.293 e. The van der Waals surface area contributed by atoms with Crippen LogP contribution in [0.1, 0.15) is 37.2 Å². The Balaban J connectivity index is 0.00000144. The van der Waals surface area contributed by atoms with Gasteiger partial charge in [-0.1, -0.05) is 18.0 Å². The molecule has 1 saturated carbocycles. The van der Waals surface area contributed by atoms with Gasteiger partial charge in [-0.05, 0) is 31.9 Å². The van der Waals surface area contributed by atoms with Crippen molar-refractivity contribution in [3.63, 3.8) is 0 Å². The number of fused-ring (bicyclic) bond motifs is 1. The average molecular weight is 321 g/mol. The molecule has 0 atom stereocenters. The lowest BCUT2D eigenvalue weighted by Gasteiger charge is -2.17. The van der Waals surface area contributed by atoms with E-state index in [-0.39, 0.29) is 12.4 Å². The Morgan fingerprint density at radius 3 is 2.73 bits per heavy atom. The first-order valence-corrected chi connectivity index (χ1v) is 7.15. The SMILES string of the molecule is Cc1ccc2oc(-c3nc(C4(N)CCCC4)no3)cc2n1.Cl. The summed E-state index contributed by atoms with van der Waals surface area (Å²) in [5, 5.41) is 4.04. The van der Waals surface area contributed by atoms with E-state index in [1.54, 1.807) is 0 Å². The maximum Gasteiger partial charge on any atom is 0.293 e. The molecule has 0 amide bonds. The van der Waals surface area contributed by atoms with Crippen LogP contribution in [0.25, 0.3) is 22.8 Å². The first-order chi connectivity index (χ1) is 10.1. The van der Waals surface area contributed by atoms with Gasteiger partial charge in [0.25, 0.3) is 5.89 Å². The van der Waals surface area contributed by atoms with Gasteiger partial charge in [0.05, 0.1) is 5.54 Å². The second-order valence-corrected chi connectivity index (χ2v) is 5.73. The molecule has 0 unspecified atom stereocenters. The quantitative estimate of drug-likeness (QED) is 0.778. The third-order valence-electron chi connectivity index (χ3n) is 4.09. The molecule has 22 heavy (non-hydrogen) atoms. The first kappa shape index (κ1) is 15.0. The zero-order valence-electron chi connectivity index (χ0n) is 12.2. The second kappa shape index (κ2) is 5.37. The summed E-state index contributed by atoms with van der Waals surface area (Å²) >= 11 is 0. The summed E-state index contributed by atoms with van der Waals surface area (Å²) in [6.45, 7) is 1.94. The summed E-state index contributed by atoms with van der Waals surface area (Å²) in [5.74, 6) is 1.46. The van der Waals surface area contributed by atoms with Crippen LogP contribution in [0.4, 0.5) is 0 Å². The van der Waals surface area contributed by atoms with Crippen molar-refractivity contribution in [2.75, 3.05) is 0 Å². The van der Waals surface area contributed by atoms with Crippen LogP contribution in [0.3, 0.4) is 0 Å². The van der Waals surface area contributed by atoms with E-state index in [1.165, 1.54) is 0 Å². The largest absolute Gasteiger partial charge is 0.449 e. The molecule has 3 aromatic rings. The summed E-state index contributed by atoms with van der Waals surface area (Å²) in [7, 11) is 0. The topological polar surface area (TPSA) is 91.0 Å². The Kier molecular flexibility index (Phi) is 3.66. The molecular formula is C15H17ClN4O2. The molecule has 1 aliphatic rings. The molecule has 6 nitrogen and oxygen atoms in total. The number of nitrogens with zero attached hydrogens (tertiary/aromatic N) is 3. The van der Waals surface area contributed by atoms with Crippen molar-refractivity contribution in [2.24, 2.45) is 5.73 Å². The third-order valence-corrected chi connectivity index (χ3v) is 4.09. The molecule has 0 aromatic carbocycles. The number of halogens is 1. The van der Waals surface area contributed by atoms with Gasteiger partial charge < -0.3 is 14.7 Å². The van der Waals surface area contributed by atoms with Crippen LogP contribution < -0.4 is 5.73 Å². The number of hydrogen-bond donors (Lipinski definition) is 1. The zero-order valence-corrected chi connectivity index (χ0v) is 13.0. The van der Waals surface area contributed by atoms with Gasteiger partial charge in [0.15, 0.2) is 17.2 Å². The van der Waals surface area contributed by atoms with Gasteiger partial charge in [0.1, 0.15) is 5.52 Å². The van der Waals surface area contributed by atoms with Crippen LogP contribution >= 0.6 is 12.4 Å². The van der Waals surface area contributed by atoms with Crippen LogP contribution in [-0.4, -0.2) is 15.1 Å². The normalized spacial score (nSPS) is 16.8. The number of pyridine rings is 1. The zero-order chi connectivity index (χ0) is 14.4. The molecule has 0 aliphatic heterocycles. The predicted molar refractivity (Wildman–Crippen MR) is 83.6 cm³/mol. The fourth-order valence-electron chi connectivity index (χ4n) is 2.89. The Morgan fingerprint density at radius 1 is 1.18 bits per heavy atom. The van der Waals surface area contributed by atoms with Crippen molar-refractivity contribution in [1.29, 1.82) is 0 Å². The van der Waals surface area contributed by atoms with Crippen molar-refractivity contribution in [2.45, 2.75) is 38.1 Å². The lowest BCUT2D eigenvalue weighted by Crippen LogP contribution is -2.34. The third kappa shape index (κ3) is 2.38. The Bertz CT molecular complexity index is 805. The summed E-state index contributed by atoms with van der Waals surface area (Å²) < 4.78 is 11.0. The van der Waals surface area contributed by atoms with Crippen molar-refractivity contribution in [3.8, 4) is 11.7 Å². The predicted octanol–water partition coefficient (Wildman–Crippen LogP) is 3.34.